The Morgan fingerprint density at radius 1 is 1.25 bits per heavy atom. The Bertz CT molecular complexity index is 483. The molecule has 20 heavy (non-hydrogen) atoms. The van der Waals surface area contributed by atoms with E-state index in [1.54, 1.807) is 0 Å². The summed E-state index contributed by atoms with van der Waals surface area (Å²) in [5.41, 5.74) is 2.95. The molecule has 1 rings (SSSR count). The fourth-order valence-corrected chi connectivity index (χ4v) is 2.00. The third kappa shape index (κ3) is 4.37. The standard InChI is InChI=1S/C16H24N2O2/c1-5-6-10-17-16(20)11-18(14(4)19)15-9-7-8-12(2)13(15)3/h7-9H,5-6,10-11H2,1-4H3,(H,17,20). The van der Waals surface area contributed by atoms with E-state index in [1.165, 1.54) is 11.8 Å². The molecular formula is C16H24N2O2. The van der Waals surface area contributed by atoms with E-state index in [-0.39, 0.29) is 18.4 Å². The van der Waals surface area contributed by atoms with Crippen molar-refractivity contribution in [1.29, 1.82) is 0 Å². The first-order chi connectivity index (χ1) is 9.47. The summed E-state index contributed by atoms with van der Waals surface area (Å²) < 4.78 is 0. The van der Waals surface area contributed by atoms with Gasteiger partial charge in [0.2, 0.25) is 11.8 Å². The Balaban J connectivity index is 2.82. The lowest BCUT2D eigenvalue weighted by molar-refractivity contribution is -0.123. The van der Waals surface area contributed by atoms with E-state index < -0.39 is 0 Å². The van der Waals surface area contributed by atoms with Crippen LogP contribution in [0.25, 0.3) is 0 Å². The quantitative estimate of drug-likeness (QED) is 0.812. The lowest BCUT2D eigenvalue weighted by atomic mass is 10.1. The van der Waals surface area contributed by atoms with Gasteiger partial charge in [-0.2, -0.15) is 0 Å². The molecule has 110 valence electrons. The Kier molecular flexibility index (Phi) is 6.22. The minimum atomic E-state index is -0.121. The van der Waals surface area contributed by atoms with Crippen molar-refractivity contribution in [2.24, 2.45) is 0 Å². The largest absolute Gasteiger partial charge is 0.355 e. The highest BCUT2D eigenvalue weighted by atomic mass is 16.2. The molecule has 0 aliphatic heterocycles. The highest BCUT2D eigenvalue weighted by molar-refractivity contribution is 5.98. The van der Waals surface area contributed by atoms with E-state index >= 15 is 0 Å². The smallest absolute Gasteiger partial charge is 0.240 e. The second-order valence-electron chi connectivity index (χ2n) is 5.03. The molecule has 1 aromatic rings. The van der Waals surface area contributed by atoms with Crippen LogP contribution in [0, 0.1) is 13.8 Å². The summed E-state index contributed by atoms with van der Waals surface area (Å²) >= 11 is 0. The molecule has 2 amide bonds. The van der Waals surface area contributed by atoms with Gasteiger partial charge in [-0.15, -0.1) is 0 Å². The van der Waals surface area contributed by atoms with Gasteiger partial charge < -0.3 is 10.2 Å². The lowest BCUT2D eigenvalue weighted by Gasteiger charge is -2.23. The summed E-state index contributed by atoms with van der Waals surface area (Å²) in [6.45, 7) is 8.26. The zero-order valence-corrected chi connectivity index (χ0v) is 12.8. The monoisotopic (exact) mass is 276 g/mol. The number of nitrogens with zero attached hydrogens (tertiary/aromatic N) is 1. The van der Waals surface area contributed by atoms with Gasteiger partial charge in [0.25, 0.3) is 0 Å². The van der Waals surface area contributed by atoms with Gasteiger partial charge in [-0.25, -0.2) is 0 Å². The fraction of sp³-hybridized carbons (Fsp3) is 0.500. The molecule has 0 atom stereocenters. The molecule has 0 saturated carbocycles. The summed E-state index contributed by atoms with van der Waals surface area (Å²) in [5.74, 6) is -0.237. The van der Waals surface area contributed by atoms with E-state index in [0.29, 0.717) is 6.54 Å². The first kappa shape index (κ1) is 16.2. The van der Waals surface area contributed by atoms with Gasteiger partial charge in [0.1, 0.15) is 6.54 Å². The number of rotatable bonds is 6. The molecule has 0 unspecified atom stereocenters. The van der Waals surface area contributed by atoms with E-state index in [9.17, 15) is 9.59 Å². The van der Waals surface area contributed by atoms with Gasteiger partial charge >= 0.3 is 0 Å². The van der Waals surface area contributed by atoms with Crippen molar-refractivity contribution < 1.29 is 9.59 Å². The highest BCUT2D eigenvalue weighted by Crippen LogP contribution is 2.22. The fourth-order valence-electron chi connectivity index (χ4n) is 2.00. The number of nitrogens with one attached hydrogen (secondary N) is 1. The van der Waals surface area contributed by atoms with Crippen molar-refractivity contribution in [3.05, 3.63) is 29.3 Å². The second kappa shape index (κ2) is 7.68. The van der Waals surface area contributed by atoms with Crippen LogP contribution in [0.5, 0.6) is 0 Å². The SMILES string of the molecule is CCCCNC(=O)CN(C(C)=O)c1cccc(C)c1C. The van der Waals surface area contributed by atoms with Gasteiger partial charge in [-0.05, 0) is 37.5 Å². The molecule has 0 radical (unpaired) electrons. The van der Waals surface area contributed by atoms with Crippen molar-refractivity contribution in [3.63, 3.8) is 0 Å². The number of hydrogen-bond acceptors (Lipinski definition) is 2. The molecule has 0 aliphatic rings. The number of amides is 2. The van der Waals surface area contributed by atoms with Gasteiger partial charge in [-0.3, -0.25) is 9.59 Å². The van der Waals surface area contributed by atoms with Crippen LogP contribution in [-0.2, 0) is 9.59 Å². The zero-order valence-electron chi connectivity index (χ0n) is 12.8. The Morgan fingerprint density at radius 3 is 2.55 bits per heavy atom. The second-order valence-corrected chi connectivity index (χ2v) is 5.03. The molecule has 0 saturated heterocycles. The van der Waals surface area contributed by atoms with Crippen molar-refractivity contribution in [1.82, 2.24) is 5.32 Å². The van der Waals surface area contributed by atoms with Gasteiger partial charge in [0.15, 0.2) is 0 Å². The summed E-state index contributed by atoms with van der Waals surface area (Å²) in [6, 6.07) is 5.78. The number of carbonyl (C=O) groups is 2. The first-order valence-corrected chi connectivity index (χ1v) is 7.08. The van der Waals surface area contributed by atoms with Crippen LogP contribution in [0.4, 0.5) is 5.69 Å². The summed E-state index contributed by atoms with van der Waals surface area (Å²) in [7, 11) is 0. The number of anilines is 1. The van der Waals surface area contributed by atoms with E-state index in [2.05, 4.69) is 12.2 Å². The van der Waals surface area contributed by atoms with Crippen LogP contribution in [0.3, 0.4) is 0 Å². The Morgan fingerprint density at radius 2 is 1.95 bits per heavy atom. The van der Waals surface area contributed by atoms with Gasteiger partial charge in [0.05, 0.1) is 0 Å². The molecule has 0 bridgehead atoms. The van der Waals surface area contributed by atoms with Crippen LogP contribution < -0.4 is 10.2 Å². The van der Waals surface area contributed by atoms with E-state index in [4.69, 9.17) is 0 Å². The molecule has 1 aromatic carbocycles. The average Bonchev–Trinajstić information content (AvgIpc) is 2.40. The molecule has 0 heterocycles. The average molecular weight is 276 g/mol. The topological polar surface area (TPSA) is 49.4 Å². The van der Waals surface area contributed by atoms with Crippen molar-refractivity contribution in [3.8, 4) is 0 Å². The molecule has 4 nitrogen and oxygen atoms in total. The molecule has 0 fully saturated rings. The van der Waals surface area contributed by atoms with E-state index in [1.807, 2.05) is 32.0 Å². The van der Waals surface area contributed by atoms with Gasteiger partial charge in [0, 0.05) is 19.2 Å². The number of carbonyl (C=O) groups excluding carboxylic acids is 2. The predicted octanol–water partition coefficient (Wildman–Crippen LogP) is 2.57. The molecule has 1 N–H and O–H groups in total. The third-order valence-corrected chi connectivity index (χ3v) is 3.40. The maximum absolute atomic E-state index is 11.9. The van der Waals surface area contributed by atoms with Crippen LogP contribution in [0.1, 0.15) is 37.8 Å². The lowest BCUT2D eigenvalue weighted by Crippen LogP contribution is -2.40. The van der Waals surface area contributed by atoms with E-state index in [0.717, 1.165) is 29.7 Å². The van der Waals surface area contributed by atoms with Crippen molar-refractivity contribution >= 4 is 17.5 Å². The molecule has 0 aliphatic carbocycles. The van der Waals surface area contributed by atoms with Crippen molar-refractivity contribution in [2.75, 3.05) is 18.0 Å². The number of aryl methyl sites for hydroxylation is 1. The molecule has 4 heteroatoms. The third-order valence-electron chi connectivity index (χ3n) is 3.40. The predicted molar refractivity (Wildman–Crippen MR) is 81.9 cm³/mol. The maximum Gasteiger partial charge on any atom is 0.240 e. The number of hydrogen-bond donors (Lipinski definition) is 1. The minimum Gasteiger partial charge on any atom is -0.355 e. The van der Waals surface area contributed by atoms with Crippen molar-refractivity contribution in [2.45, 2.75) is 40.5 Å². The minimum absolute atomic E-state index is 0.0728. The van der Waals surface area contributed by atoms with Gasteiger partial charge in [-0.1, -0.05) is 25.5 Å². The molecule has 0 aromatic heterocycles. The summed E-state index contributed by atoms with van der Waals surface area (Å²) in [6.07, 6.45) is 1.99. The normalized spacial score (nSPS) is 10.2. The first-order valence-electron chi connectivity index (χ1n) is 7.08. The highest BCUT2D eigenvalue weighted by Gasteiger charge is 2.17. The molecule has 0 spiro atoms. The van der Waals surface area contributed by atoms with Crippen LogP contribution in [-0.4, -0.2) is 24.9 Å². The number of benzene rings is 1. The Labute approximate surface area is 121 Å². The van der Waals surface area contributed by atoms with Crippen LogP contribution >= 0.6 is 0 Å². The van der Waals surface area contributed by atoms with Crippen LogP contribution in [0.15, 0.2) is 18.2 Å². The summed E-state index contributed by atoms with van der Waals surface area (Å²) in [4.78, 5) is 25.2. The Hall–Kier alpha value is -1.84. The van der Waals surface area contributed by atoms with Crippen LogP contribution in [0.2, 0.25) is 0 Å². The maximum atomic E-state index is 11.9. The molecular weight excluding hydrogens is 252 g/mol. The summed E-state index contributed by atoms with van der Waals surface area (Å²) in [5, 5.41) is 2.84. The zero-order chi connectivity index (χ0) is 15.1. The number of unbranched alkanes of at least 4 members (excludes halogenated alkanes) is 1.